The van der Waals surface area contributed by atoms with Gasteiger partial charge >= 0.3 is 0 Å². The van der Waals surface area contributed by atoms with Gasteiger partial charge in [0, 0.05) is 11.8 Å². The highest BCUT2D eigenvalue weighted by Gasteiger charge is 2.16. The molecule has 1 fully saturated rings. The molecule has 1 aliphatic rings. The van der Waals surface area contributed by atoms with Crippen LogP contribution in [0.25, 0.3) is 5.69 Å². The van der Waals surface area contributed by atoms with Crippen LogP contribution in [-0.4, -0.2) is 37.8 Å². The van der Waals surface area contributed by atoms with E-state index in [1.54, 1.807) is 4.68 Å². The molecule has 5 nitrogen and oxygen atoms in total. The lowest BCUT2D eigenvalue weighted by atomic mass is 10.2. The summed E-state index contributed by atoms with van der Waals surface area (Å²) in [4.78, 5) is 0. The van der Waals surface area contributed by atoms with Crippen molar-refractivity contribution in [2.45, 2.75) is 19.0 Å². The quantitative estimate of drug-likeness (QED) is 0.898. The van der Waals surface area contributed by atoms with Crippen LogP contribution in [0.5, 0.6) is 0 Å². The van der Waals surface area contributed by atoms with Crippen molar-refractivity contribution in [1.82, 2.24) is 25.5 Å². The van der Waals surface area contributed by atoms with Crippen LogP contribution in [0.2, 0.25) is 0 Å². The lowest BCUT2D eigenvalue weighted by Crippen LogP contribution is -2.29. The number of nitrogens with zero attached hydrogens (tertiary/aromatic N) is 4. The highest BCUT2D eigenvalue weighted by atomic mass is 32.2. The van der Waals surface area contributed by atoms with E-state index in [0.29, 0.717) is 12.6 Å². The number of tetrazole rings is 1. The van der Waals surface area contributed by atoms with Crippen molar-refractivity contribution in [2.75, 3.05) is 11.5 Å². The van der Waals surface area contributed by atoms with E-state index >= 15 is 0 Å². The van der Waals surface area contributed by atoms with Gasteiger partial charge in [0.05, 0.1) is 12.2 Å². The summed E-state index contributed by atoms with van der Waals surface area (Å²) in [6.45, 7) is 0.715. The molecule has 0 radical (unpaired) electrons. The van der Waals surface area contributed by atoms with E-state index in [-0.39, 0.29) is 0 Å². The third-order valence-electron chi connectivity index (χ3n) is 3.01. The Morgan fingerprint density at radius 1 is 1.33 bits per heavy atom. The zero-order valence-corrected chi connectivity index (χ0v) is 10.8. The maximum atomic E-state index is 4.09. The summed E-state index contributed by atoms with van der Waals surface area (Å²) in [6.07, 6.45) is 1.23. The van der Waals surface area contributed by atoms with Crippen LogP contribution in [0.1, 0.15) is 12.2 Å². The van der Waals surface area contributed by atoms with Gasteiger partial charge in [-0.05, 0) is 34.7 Å². The normalized spacial score (nSPS) is 19.2. The van der Waals surface area contributed by atoms with E-state index in [0.717, 1.165) is 11.5 Å². The van der Waals surface area contributed by atoms with Gasteiger partial charge in [0.15, 0.2) is 5.82 Å². The number of para-hydroxylation sites is 1. The number of thioether (sulfide) groups is 1. The molecule has 94 valence electrons. The second kappa shape index (κ2) is 5.49. The number of hydrogen-bond donors (Lipinski definition) is 1. The largest absolute Gasteiger partial charge is 0.306 e. The molecule has 1 N–H and O–H groups in total. The van der Waals surface area contributed by atoms with Crippen LogP contribution in [0.3, 0.4) is 0 Å². The summed E-state index contributed by atoms with van der Waals surface area (Å²) in [5.41, 5.74) is 1.00. The van der Waals surface area contributed by atoms with Crippen molar-refractivity contribution < 1.29 is 0 Å². The standard InChI is InChI=1S/C12H15N5S/c1-2-4-11(5-3-1)17-12(14-15-16-17)8-13-10-6-7-18-9-10/h1-5,10,13H,6-9H2. The molecule has 1 atom stereocenters. The fourth-order valence-corrected chi connectivity index (χ4v) is 3.20. The van der Waals surface area contributed by atoms with Gasteiger partial charge in [-0.2, -0.15) is 16.4 Å². The van der Waals surface area contributed by atoms with Crippen molar-refractivity contribution in [3.05, 3.63) is 36.2 Å². The van der Waals surface area contributed by atoms with Crippen molar-refractivity contribution in [3.63, 3.8) is 0 Å². The van der Waals surface area contributed by atoms with Crippen molar-refractivity contribution in [2.24, 2.45) is 0 Å². The Bertz CT molecular complexity index is 492. The Hall–Kier alpha value is -1.40. The number of benzene rings is 1. The molecular weight excluding hydrogens is 246 g/mol. The fraction of sp³-hybridized carbons (Fsp3) is 0.417. The molecule has 18 heavy (non-hydrogen) atoms. The van der Waals surface area contributed by atoms with Gasteiger partial charge in [0.25, 0.3) is 0 Å². The first-order valence-electron chi connectivity index (χ1n) is 6.07. The van der Waals surface area contributed by atoms with Crippen LogP contribution >= 0.6 is 11.8 Å². The minimum absolute atomic E-state index is 0.593. The SMILES string of the molecule is c1ccc(-n2nnnc2CNC2CCSC2)cc1. The predicted octanol–water partition coefficient (Wildman–Crippen LogP) is 1.26. The maximum absolute atomic E-state index is 4.09. The van der Waals surface area contributed by atoms with E-state index < -0.39 is 0 Å². The van der Waals surface area contributed by atoms with Crippen molar-refractivity contribution in [1.29, 1.82) is 0 Å². The smallest absolute Gasteiger partial charge is 0.170 e. The minimum atomic E-state index is 0.593. The van der Waals surface area contributed by atoms with E-state index in [2.05, 4.69) is 20.8 Å². The van der Waals surface area contributed by atoms with Crippen LogP contribution in [0, 0.1) is 0 Å². The molecule has 0 aliphatic carbocycles. The first kappa shape index (κ1) is 11.7. The molecule has 0 amide bonds. The summed E-state index contributed by atoms with van der Waals surface area (Å²) in [6, 6.07) is 10.6. The molecule has 2 heterocycles. The summed E-state index contributed by atoms with van der Waals surface area (Å²) in [7, 11) is 0. The zero-order valence-electron chi connectivity index (χ0n) is 9.99. The molecular formula is C12H15N5S. The number of aromatic nitrogens is 4. The Kier molecular flexibility index (Phi) is 3.56. The second-order valence-electron chi connectivity index (χ2n) is 4.28. The van der Waals surface area contributed by atoms with Crippen LogP contribution < -0.4 is 5.32 Å². The fourth-order valence-electron chi connectivity index (χ4n) is 2.02. The van der Waals surface area contributed by atoms with E-state index in [1.807, 2.05) is 42.1 Å². The first-order valence-corrected chi connectivity index (χ1v) is 7.23. The lowest BCUT2D eigenvalue weighted by molar-refractivity contribution is 0.537. The topological polar surface area (TPSA) is 55.6 Å². The second-order valence-corrected chi connectivity index (χ2v) is 5.43. The van der Waals surface area contributed by atoms with Gasteiger partial charge in [-0.3, -0.25) is 0 Å². The molecule has 0 spiro atoms. The van der Waals surface area contributed by atoms with Gasteiger partial charge in [-0.1, -0.05) is 18.2 Å². The molecule has 1 aromatic heterocycles. The molecule has 0 saturated carbocycles. The van der Waals surface area contributed by atoms with E-state index in [4.69, 9.17) is 0 Å². The van der Waals surface area contributed by atoms with Gasteiger partial charge in [0.1, 0.15) is 0 Å². The van der Waals surface area contributed by atoms with E-state index in [9.17, 15) is 0 Å². The third-order valence-corrected chi connectivity index (χ3v) is 4.18. The highest BCUT2D eigenvalue weighted by molar-refractivity contribution is 7.99. The van der Waals surface area contributed by atoms with Gasteiger partial charge in [0.2, 0.25) is 0 Å². The Labute approximate surface area is 110 Å². The maximum Gasteiger partial charge on any atom is 0.170 e. The Morgan fingerprint density at radius 2 is 2.22 bits per heavy atom. The number of rotatable bonds is 4. The Morgan fingerprint density at radius 3 is 3.00 bits per heavy atom. The van der Waals surface area contributed by atoms with Crippen LogP contribution in [-0.2, 0) is 6.54 Å². The first-order chi connectivity index (χ1) is 8.93. The monoisotopic (exact) mass is 261 g/mol. The lowest BCUT2D eigenvalue weighted by Gasteiger charge is -2.10. The van der Waals surface area contributed by atoms with Crippen molar-refractivity contribution in [3.8, 4) is 5.69 Å². The van der Waals surface area contributed by atoms with Gasteiger partial charge in [-0.15, -0.1) is 5.10 Å². The molecule has 1 unspecified atom stereocenters. The molecule has 1 aliphatic heterocycles. The van der Waals surface area contributed by atoms with Crippen molar-refractivity contribution >= 4 is 11.8 Å². The van der Waals surface area contributed by atoms with Gasteiger partial charge < -0.3 is 5.32 Å². The average molecular weight is 261 g/mol. The molecule has 1 saturated heterocycles. The number of nitrogens with one attached hydrogen (secondary N) is 1. The summed E-state index contributed by atoms with van der Waals surface area (Å²) in [5.74, 6) is 3.30. The zero-order chi connectivity index (χ0) is 12.2. The molecule has 3 rings (SSSR count). The van der Waals surface area contributed by atoms with Gasteiger partial charge in [-0.25, -0.2) is 0 Å². The highest BCUT2D eigenvalue weighted by Crippen LogP contribution is 2.17. The average Bonchev–Trinajstić information content (AvgIpc) is 3.09. The molecule has 6 heteroatoms. The minimum Gasteiger partial charge on any atom is -0.306 e. The van der Waals surface area contributed by atoms with Crippen LogP contribution in [0.4, 0.5) is 0 Å². The molecule has 0 bridgehead atoms. The summed E-state index contributed by atoms with van der Waals surface area (Å²) < 4.78 is 1.79. The van der Waals surface area contributed by atoms with Crippen LogP contribution in [0.15, 0.2) is 30.3 Å². The summed E-state index contributed by atoms with van der Waals surface area (Å²) in [5, 5.41) is 15.4. The summed E-state index contributed by atoms with van der Waals surface area (Å²) >= 11 is 2.00. The predicted molar refractivity (Wildman–Crippen MR) is 71.7 cm³/mol. The molecule has 1 aromatic carbocycles. The Balaban J connectivity index is 1.71. The molecule has 2 aromatic rings. The van der Waals surface area contributed by atoms with E-state index in [1.165, 1.54) is 17.9 Å². The third kappa shape index (κ3) is 2.54. The number of hydrogen-bond acceptors (Lipinski definition) is 5.